The molecule has 0 aromatic heterocycles. The highest BCUT2D eigenvalue weighted by atomic mass is 79.9. The molecule has 1 aromatic rings. The average Bonchev–Trinajstić information content (AvgIpc) is 3.23. The molecule has 1 aliphatic heterocycles. The molecule has 3 aliphatic rings. The minimum Gasteiger partial charge on any atom is -0.461 e. The lowest BCUT2D eigenvalue weighted by molar-refractivity contribution is -0.154. The molecule has 4 rings (SSSR count). The van der Waals surface area contributed by atoms with Crippen molar-refractivity contribution in [2.75, 3.05) is 6.61 Å². The zero-order chi connectivity index (χ0) is 19.3. The van der Waals surface area contributed by atoms with Crippen molar-refractivity contribution in [2.24, 2.45) is 23.7 Å². The number of hydrogen-bond acceptors (Lipinski definition) is 7. The van der Waals surface area contributed by atoms with Gasteiger partial charge in [-0.25, -0.2) is 0 Å². The third kappa shape index (κ3) is 3.05. The maximum Gasteiger partial charge on any atom is 0.310 e. The summed E-state index contributed by atoms with van der Waals surface area (Å²) >= 11 is 3.54. The van der Waals surface area contributed by atoms with Gasteiger partial charge in [-0.3, -0.25) is 19.2 Å². The monoisotopic (exact) mass is 436 g/mol. The smallest absolute Gasteiger partial charge is 0.310 e. The number of benzene rings is 1. The van der Waals surface area contributed by atoms with E-state index in [1.807, 2.05) is 0 Å². The van der Waals surface area contributed by atoms with E-state index in [2.05, 4.69) is 15.9 Å². The Morgan fingerprint density at radius 2 is 1.89 bits per heavy atom. The van der Waals surface area contributed by atoms with Gasteiger partial charge in [0.2, 0.25) is 0 Å². The van der Waals surface area contributed by atoms with E-state index in [4.69, 9.17) is 14.2 Å². The van der Waals surface area contributed by atoms with Gasteiger partial charge in [0.05, 0.1) is 16.7 Å². The third-order valence-corrected chi connectivity index (χ3v) is 6.78. The van der Waals surface area contributed by atoms with E-state index in [1.54, 1.807) is 0 Å². The number of hydrogen-bond donors (Lipinski definition) is 0. The van der Waals surface area contributed by atoms with Gasteiger partial charge in [-0.2, -0.15) is 0 Å². The van der Waals surface area contributed by atoms with Crippen molar-refractivity contribution < 1.29 is 33.4 Å². The van der Waals surface area contributed by atoms with E-state index in [0.717, 1.165) is 6.42 Å². The molecule has 3 fully saturated rings. The molecule has 0 amide bonds. The number of ether oxygens (including phenoxy) is 3. The van der Waals surface area contributed by atoms with E-state index < -0.39 is 30.4 Å². The van der Waals surface area contributed by atoms with Crippen LogP contribution in [0.5, 0.6) is 5.75 Å². The summed E-state index contributed by atoms with van der Waals surface area (Å²) in [5.41, 5.74) is 0.338. The number of fused-ring (bicyclic) bond motifs is 1. The van der Waals surface area contributed by atoms with Crippen molar-refractivity contribution in [2.45, 2.75) is 24.3 Å². The first-order valence-corrected chi connectivity index (χ1v) is 9.61. The Morgan fingerprint density at radius 3 is 2.56 bits per heavy atom. The van der Waals surface area contributed by atoms with Crippen LogP contribution in [-0.4, -0.2) is 41.2 Å². The lowest BCUT2D eigenvalue weighted by Crippen LogP contribution is -2.39. The van der Waals surface area contributed by atoms with E-state index in [0.29, 0.717) is 11.3 Å². The van der Waals surface area contributed by atoms with Gasteiger partial charge < -0.3 is 14.2 Å². The van der Waals surface area contributed by atoms with Crippen molar-refractivity contribution in [1.82, 2.24) is 0 Å². The molecule has 2 saturated carbocycles. The molecule has 0 spiro atoms. The highest BCUT2D eigenvalue weighted by molar-refractivity contribution is 9.09. The second-order valence-electron chi connectivity index (χ2n) is 7.11. The predicted molar refractivity (Wildman–Crippen MR) is 94.2 cm³/mol. The fourth-order valence-corrected chi connectivity index (χ4v) is 5.53. The Hall–Kier alpha value is -2.22. The molecular weight excluding hydrogens is 420 g/mol. The van der Waals surface area contributed by atoms with E-state index in [1.165, 1.54) is 31.2 Å². The van der Waals surface area contributed by atoms with Gasteiger partial charge in [0.1, 0.15) is 11.9 Å². The molecule has 1 saturated heterocycles. The lowest BCUT2D eigenvalue weighted by Gasteiger charge is -2.26. The van der Waals surface area contributed by atoms with Crippen LogP contribution in [0.15, 0.2) is 24.3 Å². The van der Waals surface area contributed by atoms with Gasteiger partial charge in [0.25, 0.3) is 0 Å². The molecule has 0 N–H and O–H groups in total. The zero-order valence-corrected chi connectivity index (χ0v) is 16.0. The quantitative estimate of drug-likeness (QED) is 0.301. The van der Waals surface area contributed by atoms with Gasteiger partial charge >= 0.3 is 17.9 Å². The summed E-state index contributed by atoms with van der Waals surface area (Å²) in [5.74, 6) is -2.35. The largest absolute Gasteiger partial charge is 0.461 e. The van der Waals surface area contributed by atoms with Crippen LogP contribution >= 0.6 is 15.9 Å². The summed E-state index contributed by atoms with van der Waals surface area (Å²) in [4.78, 5) is 47.8. The Labute approximate surface area is 163 Å². The number of rotatable bonds is 5. The van der Waals surface area contributed by atoms with Crippen LogP contribution in [0, 0.1) is 23.7 Å². The SMILES string of the molecule is CC(=O)Oc1ccc(C(=O)COC(=O)[C@@H]2[C@H]3C[C@H]4[C@H](OC(=O)[C@H]42)[C@@H]3Br)cc1. The molecule has 7 nitrogen and oxygen atoms in total. The van der Waals surface area contributed by atoms with Crippen LogP contribution in [0.1, 0.15) is 23.7 Å². The van der Waals surface area contributed by atoms with Gasteiger partial charge in [-0.1, -0.05) is 15.9 Å². The maximum atomic E-state index is 12.6. The Kier molecular flexibility index (Phi) is 4.53. The lowest BCUT2D eigenvalue weighted by atomic mass is 9.80. The van der Waals surface area contributed by atoms with Crippen LogP contribution in [0.2, 0.25) is 0 Å². The van der Waals surface area contributed by atoms with E-state index in [-0.39, 0.29) is 34.5 Å². The van der Waals surface area contributed by atoms with Crippen molar-refractivity contribution in [3.05, 3.63) is 29.8 Å². The standard InChI is InChI=1S/C19H17BrO7/c1-8(21)26-10-4-2-9(3-5-10)13(22)7-25-18(23)14-11-6-12-15(14)19(24)27-17(12)16(11)20/h2-5,11-12,14-17H,6-7H2,1H3/t11-,12-,14-,15-,16-,17+/m1/s1. The van der Waals surface area contributed by atoms with Gasteiger partial charge in [-0.15, -0.1) is 0 Å². The molecule has 0 radical (unpaired) electrons. The molecule has 142 valence electrons. The summed E-state index contributed by atoms with van der Waals surface area (Å²) in [6.45, 7) is 0.881. The fraction of sp³-hybridized carbons (Fsp3) is 0.474. The van der Waals surface area contributed by atoms with E-state index in [9.17, 15) is 19.2 Å². The van der Waals surface area contributed by atoms with Crippen molar-refractivity contribution in [3.63, 3.8) is 0 Å². The predicted octanol–water partition coefficient (Wildman–Crippen LogP) is 1.91. The van der Waals surface area contributed by atoms with Crippen LogP contribution in [-0.2, 0) is 23.9 Å². The summed E-state index contributed by atoms with van der Waals surface area (Å²) < 4.78 is 15.5. The van der Waals surface area contributed by atoms with Crippen molar-refractivity contribution >= 4 is 39.6 Å². The summed E-state index contributed by atoms with van der Waals surface area (Å²) in [6, 6.07) is 5.99. The van der Waals surface area contributed by atoms with E-state index >= 15 is 0 Å². The zero-order valence-electron chi connectivity index (χ0n) is 14.4. The second kappa shape index (κ2) is 6.74. The normalized spacial score (nSPS) is 32.9. The molecule has 1 heterocycles. The van der Waals surface area contributed by atoms with Crippen LogP contribution < -0.4 is 4.74 Å². The fourth-order valence-electron chi connectivity index (χ4n) is 4.49. The number of ketones is 1. The van der Waals surface area contributed by atoms with Crippen LogP contribution in [0.25, 0.3) is 0 Å². The number of alkyl halides is 1. The summed E-state index contributed by atoms with van der Waals surface area (Å²) in [6.07, 6.45) is 0.594. The first kappa shape index (κ1) is 18.2. The second-order valence-corrected chi connectivity index (χ2v) is 8.17. The number of carbonyl (C=O) groups excluding carboxylic acids is 4. The Balaban J connectivity index is 1.37. The van der Waals surface area contributed by atoms with Crippen molar-refractivity contribution in [1.29, 1.82) is 0 Å². The number of esters is 3. The van der Waals surface area contributed by atoms with Gasteiger partial charge in [-0.05, 0) is 36.6 Å². The van der Waals surface area contributed by atoms with Gasteiger partial charge in [0, 0.05) is 18.4 Å². The Morgan fingerprint density at radius 1 is 1.19 bits per heavy atom. The molecule has 2 bridgehead atoms. The summed E-state index contributed by atoms with van der Waals surface area (Å²) in [5, 5.41) is 0. The van der Waals surface area contributed by atoms with Crippen LogP contribution in [0.3, 0.4) is 0 Å². The topological polar surface area (TPSA) is 96.0 Å². The number of halogens is 1. The Bertz CT molecular complexity index is 818. The molecule has 6 atom stereocenters. The molecule has 0 unspecified atom stereocenters. The highest BCUT2D eigenvalue weighted by Crippen LogP contribution is 2.60. The first-order valence-electron chi connectivity index (χ1n) is 8.69. The molecule has 2 aliphatic carbocycles. The summed E-state index contributed by atoms with van der Waals surface area (Å²) in [7, 11) is 0. The van der Waals surface area contributed by atoms with Crippen molar-refractivity contribution in [3.8, 4) is 5.75 Å². The molecule has 27 heavy (non-hydrogen) atoms. The molecule has 1 aromatic carbocycles. The minimum atomic E-state index is -0.565. The number of Topliss-reactive ketones (excluding diaryl/α,β-unsaturated/α-hetero) is 1. The van der Waals surface area contributed by atoms with Gasteiger partial charge in [0.15, 0.2) is 12.4 Å². The van der Waals surface area contributed by atoms with Crippen LogP contribution in [0.4, 0.5) is 0 Å². The molecular formula is C19H17BrO7. The maximum absolute atomic E-state index is 12.6. The molecule has 8 heteroatoms. The minimum absolute atomic E-state index is 0.0120. The number of carbonyl (C=O) groups is 4. The first-order chi connectivity index (χ1) is 12.9. The highest BCUT2D eigenvalue weighted by Gasteiger charge is 2.68. The third-order valence-electron chi connectivity index (χ3n) is 5.58. The average molecular weight is 437 g/mol.